The van der Waals surface area contributed by atoms with Gasteiger partial charge in [-0.25, -0.2) is 0 Å². The van der Waals surface area contributed by atoms with Gasteiger partial charge in [0.25, 0.3) is 0 Å². The van der Waals surface area contributed by atoms with Gasteiger partial charge in [-0.2, -0.15) is 0 Å². The van der Waals surface area contributed by atoms with Crippen molar-refractivity contribution in [1.29, 1.82) is 0 Å². The molecule has 0 amide bonds. The highest BCUT2D eigenvalue weighted by molar-refractivity contribution is 4.87. The number of hydrogen-bond donors (Lipinski definition) is 2. The molecular weight excluding hydrogens is 166 g/mol. The Morgan fingerprint density at radius 1 is 1.62 bits per heavy atom. The molecule has 0 aliphatic carbocycles. The van der Waals surface area contributed by atoms with E-state index >= 15 is 0 Å². The molecule has 3 N–H and O–H groups in total. The summed E-state index contributed by atoms with van der Waals surface area (Å²) in [4.78, 5) is 0. The summed E-state index contributed by atoms with van der Waals surface area (Å²) in [6, 6.07) is -0.122. The zero-order chi connectivity index (χ0) is 10.0. The molecule has 0 bridgehead atoms. The molecule has 3 heteroatoms. The number of ether oxygens (including phenoxy) is 1. The van der Waals surface area contributed by atoms with E-state index in [9.17, 15) is 5.11 Å². The van der Waals surface area contributed by atoms with E-state index in [1.165, 1.54) is 0 Å². The minimum Gasteiger partial charge on any atom is -0.389 e. The normalized spacial score (nSPS) is 43.2. The molecule has 1 unspecified atom stereocenters. The van der Waals surface area contributed by atoms with Crippen molar-refractivity contribution in [3.05, 3.63) is 0 Å². The van der Waals surface area contributed by atoms with E-state index in [0.29, 0.717) is 5.92 Å². The van der Waals surface area contributed by atoms with Gasteiger partial charge in [-0.3, -0.25) is 0 Å². The van der Waals surface area contributed by atoms with Crippen molar-refractivity contribution in [2.24, 2.45) is 11.7 Å². The van der Waals surface area contributed by atoms with Crippen molar-refractivity contribution in [3.8, 4) is 0 Å². The second kappa shape index (κ2) is 4.40. The van der Waals surface area contributed by atoms with Gasteiger partial charge in [0.15, 0.2) is 0 Å². The average Bonchev–Trinajstić information content (AvgIpc) is 2.12. The van der Waals surface area contributed by atoms with Gasteiger partial charge in [-0.15, -0.1) is 0 Å². The van der Waals surface area contributed by atoms with Crippen LogP contribution in [0.5, 0.6) is 0 Å². The maximum atomic E-state index is 9.57. The summed E-state index contributed by atoms with van der Waals surface area (Å²) >= 11 is 0. The van der Waals surface area contributed by atoms with Gasteiger partial charge in [0.1, 0.15) is 0 Å². The fourth-order valence-electron chi connectivity index (χ4n) is 1.80. The minimum absolute atomic E-state index is 0.122. The quantitative estimate of drug-likeness (QED) is 0.675. The molecule has 13 heavy (non-hydrogen) atoms. The van der Waals surface area contributed by atoms with Gasteiger partial charge < -0.3 is 15.6 Å². The lowest BCUT2D eigenvalue weighted by Crippen LogP contribution is -2.52. The molecule has 0 spiro atoms. The van der Waals surface area contributed by atoms with Crippen LogP contribution in [0.25, 0.3) is 0 Å². The second-order valence-electron chi connectivity index (χ2n) is 4.16. The highest BCUT2D eigenvalue weighted by Gasteiger charge is 2.34. The highest BCUT2D eigenvalue weighted by Crippen LogP contribution is 2.25. The topological polar surface area (TPSA) is 55.5 Å². The van der Waals surface area contributed by atoms with E-state index < -0.39 is 6.10 Å². The first-order chi connectivity index (χ1) is 6.06. The Morgan fingerprint density at radius 2 is 2.23 bits per heavy atom. The molecule has 1 saturated heterocycles. The lowest BCUT2D eigenvalue weighted by molar-refractivity contribution is -0.133. The molecule has 0 aromatic carbocycles. The molecule has 0 aromatic rings. The first-order valence-electron chi connectivity index (χ1n) is 5.15. The first kappa shape index (κ1) is 11.0. The summed E-state index contributed by atoms with van der Waals surface area (Å²) in [5.74, 6) is 0.529. The third-order valence-electron chi connectivity index (χ3n) is 3.09. The van der Waals surface area contributed by atoms with Gasteiger partial charge in [0, 0.05) is 6.04 Å². The Balaban J connectivity index is 2.53. The van der Waals surface area contributed by atoms with Crippen LogP contribution in [0.4, 0.5) is 0 Å². The standard InChI is InChI=1S/C10H21NO2/c1-4-6(2)9-5-8(11)10(12)7(3)13-9/h6-10,12H,4-5,11H2,1-3H3/t6?,7-,8-,9+,10+/m0/s1. The molecule has 1 aliphatic rings. The second-order valence-corrected chi connectivity index (χ2v) is 4.16. The van der Waals surface area contributed by atoms with Crippen LogP contribution in [-0.2, 0) is 4.74 Å². The third-order valence-corrected chi connectivity index (χ3v) is 3.09. The van der Waals surface area contributed by atoms with Crippen LogP contribution in [0.1, 0.15) is 33.6 Å². The Bertz CT molecular complexity index is 151. The number of rotatable bonds is 2. The summed E-state index contributed by atoms with van der Waals surface area (Å²) < 4.78 is 5.69. The summed E-state index contributed by atoms with van der Waals surface area (Å²) in [5, 5.41) is 9.57. The summed E-state index contributed by atoms with van der Waals surface area (Å²) in [6.45, 7) is 6.20. The van der Waals surface area contributed by atoms with E-state index in [4.69, 9.17) is 10.5 Å². The van der Waals surface area contributed by atoms with E-state index in [1.807, 2.05) is 6.92 Å². The van der Waals surface area contributed by atoms with Crippen molar-refractivity contribution in [3.63, 3.8) is 0 Å². The molecule has 1 aliphatic heterocycles. The zero-order valence-corrected chi connectivity index (χ0v) is 8.73. The predicted molar refractivity (Wildman–Crippen MR) is 52.4 cm³/mol. The maximum Gasteiger partial charge on any atom is 0.0950 e. The SMILES string of the molecule is CCC(C)[C@H]1C[C@H](N)[C@H](O)[C@H](C)O1. The molecule has 0 radical (unpaired) electrons. The molecule has 3 nitrogen and oxygen atoms in total. The van der Waals surface area contributed by atoms with Crippen LogP contribution in [0.2, 0.25) is 0 Å². The van der Waals surface area contributed by atoms with Crippen molar-refractivity contribution < 1.29 is 9.84 Å². The number of nitrogens with two attached hydrogens (primary N) is 1. The summed E-state index contributed by atoms with van der Waals surface area (Å²) in [5.41, 5.74) is 5.82. The molecular formula is C10H21NO2. The van der Waals surface area contributed by atoms with Crippen molar-refractivity contribution in [2.45, 2.75) is 58.0 Å². The zero-order valence-electron chi connectivity index (χ0n) is 8.73. The third kappa shape index (κ3) is 2.42. The smallest absolute Gasteiger partial charge is 0.0950 e. The van der Waals surface area contributed by atoms with E-state index in [1.54, 1.807) is 0 Å². The first-order valence-corrected chi connectivity index (χ1v) is 5.15. The predicted octanol–water partition coefficient (Wildman–Crippen LogP) is 0.898. The van der Waals surface area contributed by atoms with Crippen molar-refractivity contribution in [1.82, 2.24) is 0 Å². The summed E-state index contributed by atoms with van der Waals surface area (Å²) in [6.07, 6.45) is 1.47. The van der Waals surface area contributed by atoms with E-state index in [-0.39, 0.29) is 18.2 Å². The monoisotopic (exact) mass is 187 g/mol. The Kier molecular flexibility index (Phi) is 3.71. The Hall–Kier alpha value is -0.120. The minimum atomic E-state index is -0.500. The summed E-state index contributed by atoms with van der Waals surface area (Å²) in [7, 11) is 0. The Morgan fingerprint density at radius 3 is 2.69 bits per heavy atom. The molecule has 0 saturated carbocycles. The number of aliphatic hydroxyl groups is 1. The Labute approximate surface area is 80.3 Å². The fraction of sp³-hybridized carbons (Fsp3) is 1.00. The molecule has 0 aromatic heterocycles. The van der Waals surface area contributed by atoms with Gasteiger partial charge in [-0.05, 0) is 19.3 Å². The van der Waals surface area contributed by atoms with Gasteiger partial charge >= 0.3 is 0 Å². The molecule has 1 heterocycles. The van der Waals surface area contributed by atoms with Crippen molar-refractivity contribution >= 4 is 0 Å². The highest BCUT2D eigenvalue weighted by atomic mass is 16.5. The molecule has 1 fully saturated rings. The van der Waals surface area contributed by atoms with Gasteiger partial charge in [0.2, 0.25) is 0 Å². The molecule has 5 atom stereocenters. The van der Waals surface area contributed by atoms with Crippen LogP contribution in [0.15, 0.2) is 0 Å². The fourth-order valence-corrected chi connectivity index (χ4v) is 1.80. The number of aliphatic hydroxyl groups excluding tert-OH is 1. The van der Waals surface area contributed by atoms with Crippen LogP contribution in [0, 0.1) is 5.92 Å². The molecule has 1 rings (SSSR count). The van der Waals surface area contributed by atoms with Crippen LogP contribution >= 0.6 is 0 Å². The average molecular weight is 187 g/mol. The van der Waals surface area contributed by atoms with Crippen LogP contribution < -0.4 is 5.73 Å². The number of hydrogen-bond acceptors (Lipinski definition) is 3. The van der Waals surface area contributed by atoms with E-state index in [2.05, 4.69) is 13.8 Å². The lowest BCUT2D eigenvalue weighted by atomic mass is 9.89. The van der Waals surface area contributed by atoms with E-state index in [0.717, 1.165) is 12.8 Å². The van der Waals surface area contributed by atoms with Gasteiger partial charge in [0.05, 0.1) is 18.3 Å². The van der Waals surface area contributed by atoms with Crippen LogP contribution in [0.3, 0.4) is 0 Å². The largest absolute Gasteiger partial charge is 0.389 e. The lowest BCUT2D eigenvalue weighted by Gasteiger charge is -2.38. The van der Waals surface area contributed by atoms with Crippen molar-refractivity contribution in [2.75, 3.05) is 0 Å². The van der Waals surface area contributed by atoms with Crippen LogP contribution in [-0.4, -0.2) is 29.5 Å². The van der Waals surface area contributed by atoms with Gasteiger partial charge in [-0.1, -0.05) is 20.3 Å². The maximum absolute atomic E-state index is 9.57. The molecule has 78 valence electrons.